The van der Waals surface area contributed by atoms with Gasteiger partial charge in [-0.2, -0.15) is 5.48 Å². The molecule has 0 aromatic carbocycles. The number of sulfone groups is 1. The molecule has 0 heterocycles. The van der Waals surface area contributed by atoms with Crippen molar-refractivity contribution in [2.75, 3.05) is 13.0 Å². The topological polar surface area (TPSA) is 87.7 Å². The first-order valence-electron chi connectivity index (χ1n) is 3.57. The highest BCUT2D eigenvalue weighted by atomic mass is 32.2. The first kappa shape index (κ1) is 12.4. The van der Waals surface area contributed by atoms with Gasteiger partial charge in [-0.05, 0) is 13.1 Å². The molecule has 0 saturated carbocycles. The van der Waals surface area contributed by atoms with Crippen molar-refractivity contribution in [2.45, 2.75) is 12.5 Å². The van der Waals surface area contributed by atoms with E-state index in [9.17, 15) is 8.42 Å². The lowest BCUT2D eigenvalue weighted by atomic mass is 10.7. The van der Waals surface area contributed by atoms with Gasteiger partial charge in [-0.15, -0.1) is 0 Å². The molecule has 1 atom stereocenters. The second-order valence-corrected chi connectivity index (χ2v) is 4.38. The quantitative estimate of drug-likeness (QED) is 0.400. The average Bonchev–Trinajstić information content (AvgIpc) is 2.02. The summed E-state index contributed by atoms with van der Waals surface area (Å²) in [6.45, 7) is 1.47. The van der Waals surface area contributed by atoms with Gasteiger partial charge in [0.25, 0.3) is 0 Å². The van der Waals surface area contributed by atoms with Crippen molar-refractivity contribution in [3.8, 4) is 0 Å². The van der Waals surface area contributed by atoms with E-state index in [0.717, 1.165) is 6.26 Å². The highest BCUT2D eigenvalue weighted by Crippen LogP contribution is 1.96. The molecule has 3 N–H and O–H groups in total. The normalized spacial score (nSPS) is 14.7. The summed E-state index contributed by atoms with van der Waals surface area (Å²) in [4.78, 5) is 0. The first-order chi connectivity index (χ1) is 6.02. The van der Waals surface area contributed by atoms with Crippen molar-refractivity contribution in [1.82, 2.24) is 10.8 Å². The largest absolute Gasteiger partial charge is 0.354 e. The molecule has 1 unspecified atom stereocenters. The van der Waals surface area contributed by atoms with Gasteiger partial charge in [0.2, 0.25) is 5.56 Å². The number of ether oxygens (including phenoxy) is 1. The van der Waals surface area contributed by atoms with Gasteiger partial charge in [-0.3, -0.25) is 0 Å². The van der Waals surface area contributed by atoms with E-state index in [1.807, 2.05) is 0 Å². The summed E-state index contributed by atoms with van der Waals surface area (Å²) in [7, 11) is -3.35. The van der Waals surface area contributed by atoms with Crippen molar-refractivity contribution in [1.29, 1.82) is 0 Å². The molecule has 78 valence electrons. The van der Waals surface area contributed by atoms with Crippen LogP contribution in [0.3, 0.4) is 0 Å². The van der Waals surface area contributed by atoms with Crippen LogP contribution in [-0.4, -0.2) is 32.2 Å². The number of nitrogens with one attached hydrogen (secondary N) is 2. The molecule has 0 aromatic heterocycles. The lowest BCUT2D eigenvalue weighted by Crippen LogP contribution is -2.37. The molecule has 13 heavy (non-hydrogen) atoms. The molecule has 0 aliphatic carbocycles. The van der Waals surface area contributed by atoms with Crippen LogP contribution in [0.1, 0.15) is 6.92 Å². The van der Waals surface area contributed by atoms with E-state index in [2.05, 4.69) is 5.32 Å². The molecule has 0 rings (SSSR count). The maximum Gasteiger partial charge on any atom is 0.232 e. The van der Waals surface area contributed by atoms with Crippen LogP contribution < -0.4 is 10.8 Å². The molecule has 0 aliphatic heterocycles. The molecule has 0 saturated heterocycles. The van der Waals surface area contributed by atoms with E-state index in [1.165, 1.54) is 6.20 Å². The smallest absolute Gasteiger partial charge is 0.232 e. The van der Waals surface area contributed by atoms with Gasteiger partial charge in [-0.25, -0.2) is 8.42 Å². The Bertz CT molecular complexity index is 249. The van der Waals surface area contributed by atoms with Crippen molar-refractivity contribution < 1.29 is 18.4 Å². The minimum absolute atomic E-state index is 0.262. The standard InChI is InChI=1S/C6H14N2O4S/c1-3-4-7-6(12-5-8-9)13(2,10)11/h3-4,6-9H,5H2,1-2H3/b4-3-. The fourth-order valence-corrected chi connectivity index (χ4v) is 1.22. The van der Waals surface area contributed by atoms with Crippen molar-refractivity contribution in [3.05, 3.63) is 12.3 Å². The van der Waals surface area contributed by atoms with Crippen molar-refractivity contribution in [2.24, 2.45) is 0 Å². The van der Waals surface area contributed by atoms with E-state index in [4.69, 9.17) is 9.94 Å². The molecule has 0 bridgehead atoms. The van der Waals surface area contributed by atoms with Gasteiger partial charge in [0.15, 0.2) is 9.84 Å². The van der Waals surface area contributed by atoms with E-state index in [1.54, 1.807) is 18.5 Å². The van der Waals surface area contributed by atoms with E-state index < -0.39 is 15.4 Å². The molecule has 0 fully saturated rings. The Balaban J connectivity index is 4.20. The summed E-state index contributed by atoms with van der Waals surface area (Å²) in [6, 6.07) is 0. The maximum absolute atomic E-state index is 11.0. The lowest BCUT2D eigenvalue weighted by molar-refractivity contribution is 0.00288. The molecular weight excluding hydrogens is 196 g/mol. The zero-order valence-electron chi connectivity index (χ0n) is 7.52. The Morgan fingerprint density at radius 2 is 2.23 bits per heavy atom. The summed E-state index contributed by atoms with van der Waals surface area (Å²) in [5.41, 5.74) is 0.546. The summed E-state index contributed by atoms with van der Waals surface area (Å²) in [5, 5.41) is 10.7. The average molecular weight is 210 g/mol. The van der Waals surface area contributed by atoms with Crippen LogP contribution in [0.4, 0.5) is 0 Å². The van der Waals surface area contributed by atoms with E-state index in [-0.39, 0.29) is 6.73 Å². The number of rotatable bonds is 6. The van der Waals surface area contributed by atoms with Crippen LogP contribution in [0, 0.1) is 0 Å². The van der Waals surface area contributed by atoms with E-state index >= 15 is 0 Å². The molecule has 0 aliphatic rings. The molecule has 0 spiro atoms. The highest BCUT2D eigenvalue weighted by molar-refractivity contribution is 7.91. The third-order valence-corrected chi connectivity index (χ3v) is 2.14. The summed E-state index contributed by atoms with van der Waals surface area (Å²) >= 11 is 0. The minimum Gasteiger partial charge on any atom is -0.354 e. The van der Waals surface area contributed by atoms with Crippen LogP contribution in [0.15, 0.2) is 12.3 Å². The monoisotopic (exact) mass is 210 g/mol. The minimum atomic E-state index is -3.35. The van der Waals surface area contributed by atoms with Gasteiger partial charge >= 0.3 is 0 Å². The van der Waals surface area contributed by atoms with Gasteiger partial charge in [-0.1, -0.05) is 6.08 Å². The second-order valence-electron chi connectivity index (χ2n) is 2.30. The molecule has 0 amide bonds. The number of hydrogen-bond acceptors (Lipinski definition) is 6. The predicted octanol–water partition coefficient (Wildman–Crippen LogP) is -0.609. The number of allylic oxidation sites excluding steroid dienone is 1. The first-order valence-corrected chi connectivity index (χ1v) is 5.52. The Labute approximate surface area is 77.5 Å². The van der Waals surface area contributed by atoms with Gasteiger partial charge < -0.3 is 15.3 Å². The van der Waals surface area contributed by atoms with Crippen molar-refractivity contribution >= 4 is 9.84 Å². The molecule has 7 heteroatoms. The fraction of sp³-hybridized carbons (Fsp3) is 0.667. The van der Waals surface area contributed by atoms with Crippen LogP contribution in [0.5, 0.6) is 0 Å². The Hall–Kier alpha value is -0.630. The van der Waals surface area contributed by atoms with E-state index in [0.29, 0.717) is 0 Å². The second kappa shape index (κ2) is 5.92. The Morgan fingerprint density at radius 3 is 2.62 bits per heavy atom. The van der Waals surface area contributed by atoms with Gasteiger partial charge in [0.1, 0.15) is 6.73 Å². The number of hydrogen-bond donors (Lipinski definition) is 3. The van der Waals surface area contributed by atoms with Crippen LogP contribution in [0.25, 0.3) is 0 Å². The fourth-order valence-electron chi connectivity index (χ4n) is 0.583. The summed E-state index contributed by atoms with van der Waals surface area (Å²) < 4.78 is 26.8. The van der Waals surface area contributed by atoms with Crippen LogP contribution in [0.2, 0.25) is 0 Å². The van der Waals surface area contributed by atoms with Crippen LogP contribution >= 0.6 is 0 Å². The highest BCUT2D eigenvalue weighted by Gasteiger charge is 2.18. The van der Waals surface area contributed by atoms with Gasteiger partial charge in [0.05, 0.1) is 0 Å². The Morgan fingerprint density at radius 1 is 1.62 bits per heavy atom. The third kappa shape index (κ3) is 5.58. The zero-order valence-corrected chi connectivity index (χ0v) is 8.34. The molecule has 0 radical (unpaired) electrons. The maximum atomic E-state index is 11.0. The third-order valence-electron chi connectivity index (χ3n) is 1.09. The zero-order chi connectivity index (χ0) is 10.3. The summed E-state index contributed by atoms with van der Waals surface area (Å²) in [6.07, 6.45) is 4.11. The lowest BCUT2D eigenvalue weighted by Gasteiger charge is -2.15. The predicted molar refractivity (Wildman–Crippen MR) is 47.5 cm³/mol. The molecule has 0 aromatic rings. The number of hydroxylamine groups is 1. The van der Waals surface area contributed by atoms with Gasteiger partial charge in [0, 0.05) is 6.26 Å². The Kier molecular flexibility index (Phi) is 5.63. The summed E-state index contributed by atoms with van der Waals surface area (Å²) in [5.74, 6) is 0. The molecule has 6 nitrogen and oxygen atoms in total. The van der Waals surface area contributed by atoms with Crippen molar-refractivity contribution in [3.63, 3.8) is 0 Å². The molecular formula is C6H14N2O4S. The SMILES string of the molecule is C/C=C\NC(OCNO)S(C)(=O)=O. The van der Waals surface area contributed by atoms with Crippen LogP contribution in [-0.2, 0) is 14.6 Å².